The highest BCUT2D eigenvalue weighted by atomic mass is 16.5. The van der Waals surface area contributed by atoms with Gasteiger partial charge in [-0.25, -0.2) is 0 Å². The van der Waals surface area contributed by atoms with E-state index in [1.54, 1.807) is 19.2 Å². The number of carbonyl (C=O) groups is 1. The number of hydrogen-bond acceptors (Lipinski definition) is 3. The molecule has 22 heavy (non-hydrogen) atoms. The van der Waals surface area contributed by atoms with Crippen molar-refractivity contribution in [2.45, 2.75) is 13.5 Å². The number of methoxy groups -OCH3 is 1. The smallest absolute Gasteiger partial charge is 0.248 e. The minimum Gasteiger partial charge on any atom is -0.493 e. The summed E-state index contributed by atoms with van der Waals surface area (Å²) >= 11 is 0. The Morgan fingerprint density at radius 1 is 1.14 bits per heavy atom. The van der Waals surface area contributed by atoms with Crippen molar-refractivity contribution in [2.75, 3.05) is 7.11 Å². The first-order valence-corrected chi connectivity index (χ1v) is 6.96. The fraction of sp³-hybridized carbons (Fsp3) is 0.167. The lowest BCUT2D eigenvalue weighted by atomic mass is 10.1. The van der Waals surface area contributed by atoms with Gasteiger partial charge in [-0.2, -0.15) is 0 Å². The number of allylic oxidation sites excluding steroid dienone is 1. The highest BCUT2D eigenvalue weighted by Crippen LogP contribution is 2.29. The summed E-state index contributed by atoms with van der Waals surface area (Å²) in [6.45, 7) is 2.35. The van der Waals surface area contributed by atoms with Crippen LogP contribution in [0.3, 0.4) is 0 Å². The van der Waals surface area contributed by atoms with Crippen LogP contribution in [0.1, 0.15) is 28.4 Å². The van der Waals surface area contributed by atoms with E-state index < -0.39 is 5.91 Å². The van der Waals surface area contributed by atoms with Crippen molar-refractivity contribution in [2.24, 2.45) is 5.73 Å². The van der Waals surface area contributed by atoms with Gasteiger partial charge in [-0.1, -0.05) is 30.4 Å². The Kier molecular flexibility index (Phi) is 5.20. The second-order valence-electron chi connectivity index (χ2n) is 4.76. The maximum absolute atomic E-state index is 11.0. The molecule has 0 unspecified atom stereocenters. The van der Waals surface area contributed by atoms with E-state index in [0.717, 1.165) is 11.1 Å². The third-order valence-electron chi connectivity index (χ3n) is 3.18. The second-order valence-corrected chi connectivity index (χ2v) is 4.76. The molecule has 0 aliphatic carbocycles. The van der Waals surface area contributed by atoms with Crippen LogP contribution in [0.2, 0.25) is 0 Å². The quantitative estimate of drug-likeness (QED) is 0.888. The number of carbonyl (C=O) groups excluding carboxylic acids is 1. The Bertz CT molecular complexity index is 675. The van der Waals surface area contributed by atoms with Gasteiger partial charge in [0.2, 0.25) is 5.91 Å². The molecule has 2 aromatic rings. The Morgan fingerprint density at radius 3 is 2.45 bits per heavy atom. The maximum Gasteiger partial charge on any atom is 0.248 e. The molecular weight excluding hydrogens is 278 g/mol. The Morgan fingerprint density at radius 2 is 1.86 bits per heavy atom. The monoisotopic (exact) mass is 297 g/mol. The first kappa shape index (κ1) is 15.6. The van der Waals surface area contributed by atoms with Gasteiger partial charge >= 0.3 is 0 Å². The summed E-state index contributed by atoms with van der Waals surface area (Å²) in [6, 6.07) is 12.8. The van der Waals surface area contributed by atoms with Crippen molar-refractivity contribution < 1.29 is 14.3 Å². The van der Waals surface area contributed by atoms with Crippen molar-refractivity contribution in [1.82, 2.24) is 0 Å². The third-order valence-corrected chi connectivity index (χ3v) is 3.18. The normalized spacial score (nSPS) is 10.6. The van der Waals surface area contributed by atoms with E-state index in [1.807, 2.05) is 49.4 Å². The van der Waals surface area contributed by atoms with Crippen LogP contribution < -0.4 is 15.2 Å². The Labute approximate surface area is 130 Å². The van der Waals surface area contributed by atoms with Crippen molar-refractivity contribution in [3.05, 3.63) is 65.2 Å². The zero-order valence-corrected chi connectivity index (χ0v) is 12.7. The van der Waals surface area contributed by atoms with E-state index in [2.05, 4.69) is 0 Å². The molecule has 2 N–H and O–H groups in total. The van der Waals surface area contributed by atoms with Gasteiger partial charge in [0.25, 0.3) is 0 Å². The first-order valence-electron chi connectivity index (χ1n) is 6.96. The van der Waals surface area contributed by atoms with Crippen LogP contribution in [-0.4, -0.2) is 13.0 Å². The summed E-state index contributed by atoms with van der Waals surface area (Å²) in [5.74, 6) is 0.924. The maximum atomic E-state index is 11.0. The molecule has 0 aromatic heterocycles. The summed E-state index contributed by atoms with van der Waals surface area (Å²) in [5, 5.41) is 0. The van der Waals surface area contributed by atoms with E-state index in [4.69, 9.17) is 15.2 Å². The number of ether oxygens (including phenoxy) is 2. The topological polar surface area (TPSA) is 61.5 Å². The average molecular weight is 297 g/mol. The second kappa shape index (κ2) is 7.31. The summed E-state index contributed by atoms with van der Waals surface area (Å²) < 4.78 is 11.1. The lowest BCUT2D eigenvalue weighted by molar-refractivity contribution is 0.1000. The number of primary amides is 1. The summed E-state index contributed by atoms with van der Waals surface area (Å²) in [7, 11) is 1.61. The summed E-state index contributed by atoms with van der Waals surface area (Å²) in [4.78, 5) is 11.0. The summed E-state index contributed by atoms with van der Waals surface area (Å²) in [5.41, 5.74) is 7.70. The molecule has 0 saturated carbocycles. The van der Waals surface area contributed by atoms with Crippen LogP contribution in [0, 0.1) is 0 Å². The van der Waals surface area contributed by atoms with Gasteiger partial charge in [0.05, 0.1) is 7.11 Å². The molecule has 0 bridgehead atoms. The van der Waals surface area contributed by atoms with Crippen molar-refractivity contribution >= 4 is 12.0 Å². The molecule has 1 amide bonds. The molecule has 0 aliphatic heterocycles. The zero-order chi connectivity index (χ0) is 15.9. The van der Waals surface area contributed by atoms with Crippen molar-refractivity contribution in [3.8, 4) is 11.5 Å². The van der Waals surface area contributed by atoms with E-state index in [9.17, 15) is 4.79 Å². The minimum absolute atomic E-state index is 0.387. The van der Waals surface area contributed by atoms with Gasteiger partial charge in [0.15, 0.2) is 11.5 Å². The Hall–Kier alpha value is -2.75. The molecule has 4 nitrogen and oxygen atoms in total. The minimum atomic E-state index is -0.436. The van der Waals surface area contributed by atoms with Gasteiger partial charge in [-0.3, -0.25) is 4.79 Å². The van der Waals surface area contributed by atoms with Gasteiger partial charge in [0.1, 0.15) is 6.61 Å². The molecule has 0 saturated heterocycles. The number of benzene rings is 2. The standard InChI is InChI=1S/C18H19NO3/c1-3-4-13-7-10-16(17(11-13)21-2)22-12-14-5-8-15(9-6-14)18(19)20/h3-11H,12H2,1-2H3,(H2,19,20)/b4-3-. The molecule has 0 aliphatic rings. The lowest BCUT2D eigenvalue weighted by Crippen LogP contribution is -2.10. The molecule has 0 spiro atoms. The number of amides is 1. The number of nitrogens with two attached hydrogens (primary N) is 1. The molecule has 0 radical (unpaired) electrons. The molecule has 2 aromatic carbocycles. The number of hydrogen-bond donors (Lipinski definition) is 1. The highest BCUT2D eigenvalue weighted by molar-refractivity contribution is 5.92. The van der Waals surface area contributed by atoms with Crippen LogP contribution in [0.4, 0.5) is 0 Å². The van der Waals surface area contributed by atoms with E-state index in [0.29, 0.717) is 23.7 Å². The third kappa shape index (κ3) is 3.88. The first-order chi connectivity index (χ1) is 10.6. The van der Waals surface area contributed by atoms with Crippen LogP contribution >= 0.6 is 0 Å². The van der Waals surface area contributed by atoms with Crippen LogP contribution in [-0.2, 0) is 6.61 Å². The average Bonchev–Trinajstić information content (AvgIpc) is 2.54. The van der Waals surface area contributed by atoms with E-state index in [-0.39, 0.29) is 0 Å². The summed E-state index contributed by atoms with van der Waals surface area (Å²) in [6.07, 6.45) is 3.96. The van der Waals surface area contributed by atoms with Crippen LogP contribution in [0.25, 0.3) is 6.08 Å². The van der Waals surface area contributed by atoms with E-state index in [1.165, 1.54) is 0 Å². The molecule has 0 fully saturated rings. The van der Waals surface area contributed by atoms with Crippen LogP contribution in [0.5, 0.6) is 11.5 Å². The fourth-order valence-electron chi connectivity index (χ4n) is 2.03. The van der Waals surface area contributed by atoms with Crippen molar-refractivity contribution in [3.63, 3.8) is 0 Å². The van der Waals surface area contributed by atoms with Gasteiger partial charge in [-0.05, 0) is 42.3 Å². The number of rotatable bonds is 6. The SMILES string of the molecule is C/C=C\c1ccc(OCc2ccc(C(N)=O)cc2)c(OC)c1. The van der Waals surface area contributed by atoms with E-state index >= 15 is 0 Å². The predicted molar refractivity (Wildman–Crippen MR) is 87.0 cm³/mol. The lowest BCUT2D eigenvalue weighted by Gasteiger charge is -2.11. The molecule has 0 atom stereocenters. The highest BCUT2D eigenvalue weighted by Gasteiger charge is 2.06. The van der Waals surface area contributed by atoms with Gasteiger partial charge in [0, 0.05) is 5.56 Å². The van der Waals surface area contributed by atoms with Crippen LogP contribution in [0.15, 0.2) is 48.5 Å². The molecule has 4 heteroatoms. The van der Waals surface area contributed by atoms with Crippen molar-refractivity contribution in [1.29, 1.82) is 0 Å². The molecule has 0 heterocycles. The zero-order valence-electron chi connectivity index (χ0n) is 12.7. The molecule has 2 rings (SSSR count). The Balaban J connectivity index is 2.09. The molecule has 114 valence electrons. The van der Waals surface area contributed by atoms with Gasteiger partial charge in [-0.15, -0.1) is 0 Å². The molecular formula is C18H19NO3. The fourth-order valence-corrected chi connectivity index (χ4v) is 2.03. The largest absolute Gasteiger partial charge is 0.493 e. The predicted octanol–water partition coefficient (Wildman–Crippen LogP) is 3.41. The van der Waals surface area contributed by atoms with Gasteiger partial charge < -0.3 is 15.2 Å².